The number of halogens is 2. The first-order valence-electron chi connectivity index (χ1n) is 6.49. The van der Waals surface area contributed by atoms with E-state index in [0.717, 1.165) is 13.1 Å². The number of piperazine rings is 1. The van der Waals surface area contributed by atoms with Crippen LogP contribution in [-0.4, -0.2) is 48.7 Å². The predicted octanol–water partition coefficient (Wildman–Crippen LogP) is -0.830. The second-order valence-corrected chi connectivity index (χ2v) is 5.66. The summed E-state index contributed by atoms with van der Waals surface area (Å²) in [7, 11) is 0. The number of nitrogens with zero attached hydrogens (tertiary/aromatic N) is 3. The van der Waals surface area contributed by atoms with Crippen LogP contribution in [0, 0.1) is 0 Å². The van der Waals surface area contributed by atoms with Crippen LogP contribution in [0.5, 0.6) is 0 Å². The molecule has 18 heavy (non-hydrogen) atoms. The molecule has 3 heterocycles. The zero-order chi connectivity index (χ0) is 11.7. The van der Waals surface area contributed by atoms with Crippen molar-refractivity contribution < 1.29 is 21.5 Å². The molecule has 0 saturated carbocycles. The summed E-state index contributed by atoms with van der Waals surface area (Å²) in [5.74, 6) is 0. The zero-order valence-electron chi connectivity index (χ0n) is 10.5. The lowest BCUT2D eigenvalue weighted by molar-refractivity contribution is -0.917. The third-order valence-electron chi connectivity index (χ3n) is 4.28. The molecule has 2 saturated heterocycles. The Kier molecular flexibility index (Phi) is 4.51. The van der Waals surface area contributed by atoms with Crippen LogP contribution >= 0.6 is 11.6 Å². The SMILES string of the molecule is Clc1ccc(N2CC[N+]3(CCCC3)CC2)cn1.[Br-]. The first-order chi connectivity index (χ1) is 8.27. The van der Waals surface area contributed by atoms with E-state index < -0.39 is 0 Å². The van der Waals surface area contributed by atoms with Gasteiger partial charge in [-0.1, -0.05) is 11.6 Å². The van der Waals surface area contributed by atoms with Crippen LogP contribution < -0.4 is 21.9 Å². The minimum absolute atomic E-state index is 0. The lowest BCUT2D eigenvalue weighted by atomic mass is 10.2. The monoisotopic (exact) mass is 331 g/mol. The van der Waals surface area contributed by atoms with Crippen molar-refractivity contribution in [2.24, 2.45) is 0 Å². The molecule has 1 spiro atoms. The van der Waals surface area contributed by atoms with Crippen molar-refractivity contribution in [1.82, 2.24) is 4.98 Å². The predicted molar refractivity (Wildman–Crippen MR) is 70.4 cm³/mol. The molecule has 100 valence electrons. The van der Waals surface area contributed by atoms with Crippen LogP contribution in [0.15, 0.2) is 18.3 Å². The van der Waals surface area contributed by atoms with E-state index in [2.05, 4.69) is 16.0 Å². The molecular weight excluding hydrogens is 314 g/mol. The third-order valence-corrected chi connectivity index (χ3v) is 4.50. The fraction of sp³-hybridized carbons (Fsp3) is 0.615. The molecule has 0 amide bonds. The summed E-state index contributed by atoms with van der Waals surface area (Å²) in [5.41, 5.74) is 1.21. The maximum atomic E-state index is 5.82. The highest BCUT2D eigenvalue weighted by Gasteiger charge is 2.35. The average Bonchev–Trinajstić information content (AvgIpc) is 2.80. The van der Waals surface area contributed by atoms with Crippen molar-refractivity contribution in [2.75, 3.05) is 44.2 Å². The molecule has 3 rings (SSSR count). The van der Waals surface area contributed by atoms with Gasteiger partial charge >= 0.3 is 0 Å². The second-order valence-electron chi connectivity index (χ2n) is 5.27. The number of pyridine rings is 1. The van der Waals surface area contributed by atoms with Crippen molar-refractivity contribution in [2.45, 2.75) is 12.8 Å². The molecule has 0 radical (unpaired) electrons. The van der Waals surface area contributed by atoms with Crippen molar-refractivity contribution in [1.29, 1.82) is 0 Å². The van der Waals surface area contributed by atoms with Gasteiger partial charge in [-0.05, 0) is 12.1 Å². The first kappa shape index (κ1) is 14.1. The average molecular weight is 333 g/mol. The molecule has 0 aliphatic carbocycles. The standard InChI is InChI=1S/C13H19ClN3.BrH/c14-13-4-3-12(11-15-13)16-5-9-17(10-6-16)7-1-2-8-17;/h3-4,11H,1-2,5-10H2;1H/q+1;/p-1. The Hall–Kier alpha value is -0.320. The first-order valence-corrected chi connectivity index (χ1v) is 6.87. The Morgan fingerprint density at radius 3 is 2.28 bits per heavy atom. The van der Waals surface area contributed by atoms with Crippen LogP contribution in [0.3, 0.4) is 0 Å². The van der Waals surface area contributed by atoms with Gasteiger partial charge in [0.15, 0.2) is 0 Å². The van der Waals surface area contributed by atoms with Crippen molar-refractivity contribution in [3.63, 3.8) is 0 Å². The van der Waals surface area contributed by atoms with Crippen LogP contribution in [0.2, 0.25) is 5.15 Å². The number of hydrogen-bond donors (Lipinski definition) is 0. The highest BCUT2D eigenvalue weighted by Crippen LogP contribution is 2.25. The largest absolute Gasteiger partial charge is 1.00 e. The van der Waals surface area contributed by atoms with Crippen LogP contribution in [0.4, 0.5) is 5.69 Å². The number of anilines is 1. The number of quaternary nitrogens is 1. The van der Waals surface area contributed by atoms with Crippen LogP contribution in [0.25, 0.3) is 0 Å². The highest BCUT2D eigenvalue weighted by molar-refractivity contribution is 6.29. The molecule has 3 nitrogen and oxygen atoms in total. The number of rotatable bonds is 1. The second kappa shape index (κ2) is 5.76. The van der Waals surface area contributed by atoms with Gasteiger partial charge in [-0.3, -0.25) is 0 Å². The lowest BCUT2D eigenvalue weighted by Gasteiger charge is -2.42. The molecule has 0 N–H and O–H groups in total. The molecule has 0 unspecified atom stereocenters. The zero-order valence-corrected chi connectivity index (χ0v) is 12.8. The Balaban J connectivity index is 0.00000120. The quantitative estimate of drug-likeness (QED) is 0.493. The van der Waals surface area contributed by atoms with Crippen molar-refractivity contribution >= 4 is 17.3 Å². The molecule has 2 aliphatic heterocycles. The van der Waals surface area contributed by atoms with Gasteiger partial charge in [-0.2, -0.15) is 0 Å². The van der Waals surface area contributed by atoms with Crippen LogP contribution in [0.1, 0.15) is 12.8 Å². The van der Waals surface area contributed by atoms with Gasteiger partial charge in [0.25, 0.3) is 0 Å². The van der Waals surface area contributed by atoms with E-state index in [0.29, 0.717) is 5.15 Å². The summed E-state index contributed by atoms with van der Waals surface area (Å²) in [6.07, 6.45) is 4.73. The van der Waals surface area contributed by atoms with E-state index in [9.17, 15) is 0 Å². The van der Waals surface area contributed by atoms with E-state index in [4.69, 9.17) is 11.6 Å². The molecule has 2 aliphatic rings. The van der Waals surface area contributed by atoms with Gasteiger partial charge in [0.05, 0.1) is 51.2 Å². The normalized spacial score (nSPS) is 21.9. The summed E-state index contributed by atoms with van der Waals surface area (Å²) in [6, 6.07) is 3.96. The molecule has 1 aromatic rings. The Morgan fingerprint density at radius 2 is 1.72 bits per heavy atom. The fourth-order valence-electron chi connectivity index (χ4n) is 3.16. The lowest BCUT2D eigenvalue weighted by Crippen LogP contribution is -3.00. The molecule has 0 aromatic carbocycles. The molecule has 5 heteroatoms. The maximum absolute atomic E-state index is 5.82. The van der Waals surface area contributed by atoms with E-state index >= 15 is 0 Å². The van der Waals surface area contributed by atoms with Crippen LogP contribution in [-0.2, 0) is 0 Å². The van der Waals surface area contributed by atoms with Gasteiger partial charge in [0.2, 0.25) is 0 Å². The van der Waals surface area contributed by atoms with Gasteiger partial charge in [0.1, 0.15) is 5.15 Å². The van der Waals surface area contributed by atoms with Gasteiger partial charge in [-0.25, -0.2) is 4.98 Å². The van der Waals surface area contributed by atoms with E-state index in [1.807, 2.05) is 12.3 Å². The summed E-state index contributed by atoms with van der Waals surface area (Å²) >= 11 is 5.82. The summed E-state index contributed by atoms with van der Waals surface area (Å²) < 4.78 is 1.36. The van der Waals surface area contributed by atoms with E-state index in [1.54, 1.807) is 0 Å². The number of hydrogen-bond acceptors (Lipinski definition) is 2. The Morgan fingerprint density at radius 1 is 1.06 bits per heavy atom. The molecule has 0 atom stereocenters. The van der Waals surface area contributed by atoms with Gasteiger partial charge in [-0.15, -0.1) is 0 Å². The maximum Gasteiger partial charge on any atom is 0.129 e. The highest BCUT2D eigenvalue weighted by atomic mass is 79.9. The number of aromatic nitrogens is 1. The van der Waals surface area contributed by atoms with E-state index in [-0.39, 0.29) is 17.0 Å². The minimum Gasteiger partial charge on any atom is -1.00 e. The molecule has 1 aromatic heterocycles. The Bertz CT molecular complexity index is 380. The molecular formula is C13H19BrClN3. The topological polar surface area (TPSA) is 16.1 Å². The molecule has 0 bridgehead atoms. The summed E-state index contributed by atoms with van der Waals surface area (Å²) in [5, 5.41) is 0.578. The summed E-state index contributed by atoms with van der Waals surface area (Å²) in [6.45, 7) is 7.69. The van der Waals surface area contributed by atoms with Gasteiger partial charge < -0.3 is 26.4 Å². The van der Waals surface area contributed by atoms with Gasteiger partial charge in [0, 0.05) is 12.8 Å². The van der Waals surface area contributed by atoms with Crippen molar-refractivity contribution in [3.8, 4) is 0 Å². The third kappa shape index (κ3) is 2.81. The summed E-state index contributed by atoms with van der Waals surface area (Å²) in [4.78, 5) is 6.60. The smallest absolute Gasteiger partial charge is 0.129 e. The Labute approximate surface area is 124 Å². The molecule has 2 fully saturated rings. The fourth-order valence-corrected chi connectivity index (χ4v) is 3.27. The van der Waals surface area contributed by atoms with E-state index in [1.165, 1.54) is 49.2 Å². The minimum atomic E-state index is 0. The van der Waals surface area contributed by atoms with Crippen molar-refractivity contribution in [3.05, 3.63) is 23.5 Å².